The van der Waals surface area contributed by atoms with Crippen LogP contribution >= 0.6 is 0 Å². The Hall–Kier alpha value is -3.00. The van der Waals surface area contributed by atoms with Gasteiger partial charge in [0.25, 0.3) is 11.6 Å². The van der Waals surface area contributed by atoms with Gasteiger partial charge >= 0.3 is 0 Å². The molecular formula is C21H26N4O4. The first-order valence-electron chi connectivity index (χ1n) is 9.80. The van der Waals surface area contributed by atoms with Crippen LogP contribution in [0.25, 0.3) is 0 Å². The molecule has 2 aromatic rings. The molecule has 1 fully saturated rings. The van der Waals surface area contributed by atoms with Crippen LogP contribution in [0.5, 0.6) is 0 Å². The Balaban J connectivity index is 1.85. The van der Waals surface area contributed by atoms with Gasteiger partial charge in [0.05, 0.1) is 4.92 Å². The Morgan fingerprint density at radius 3 is 2.62 bits per heavy atom. The van der Waals surface area contributed by atoms with Gasteiger partial charge in [-0.15, -0.1) is 0 Å². The van der Waals surface area contributed by atoms with Crippen LogP contribution in [0.1, 0.15) is 35.2 Å². The van der Waals surface area contributed by atoms with Crippen molar-refractivity contribution in [3.05, 3.63) is 64.0 Å². The lowest BCUT2D eigenvalue weighted by Gasteiger charge is -2.23. The summed E-state index contributed by atoms with van der Waals surface area (Å²) in [4.78, 5) is 32.2. The number of benzene rings is 1. The molecule has 1 saturated heterocycles. The molecule has 8 heteroatoms. The van der Waals surface area contributed by atoms with Crippen LogP contribution in [0.3, 0.4) is 0 Å². The molecule has 1 amide bonds. The molecule has 29 heavy (non-hydrogen) atoms. The largest absolute Gasteiger partial charge is 0.385 e. The molecule has 0 N–H and O–H groups in total. The summed E-state index contributed by atoms with van der Waals surface area (Å²) < 4.78 is 5.11. The average Bonchev–Trinajstić information content (AvgIpc) is 3.27. The highest BCUT2D eigenvalue weighted by atomic mass is 16.6. The van der Waals surface area contributed by atoms with Crippen molar-refractivity contribution in [2.24, 2.45) is 0 Å². The molecule has 0 saturated carbocycles. The molecule has 0 bridgehead atoms. The number of nitro benzene ring substituents is 1. The molecule has 1 aromatic carbocycles. The van der Waals surface area contributed by atoms with Gasteiger partial charge in [0.2, 0.25) is 0 Å². The zero-order chi connectivity index (χ0) is 20.6. The molecular weight excluding hydrogens is 372 g/mol. The lowest BCUT2D eigenvalue weighted by atomic mass is 10.1. The fourth-order valence-electron chi connectivity index (χ4n) is 3.57. The number of aromatic nitrogens is 1. The third-order valence-electron chi connectivity index (χ3n) is 5.05. The molecule has 0 spiro atoms. The molecule has 0 aliphatic carbocycles. The van der Waals surface area contributed by atoms with E-state index in [1.54, 1.807) is 36.5 Å². The van der Waals surface area contributed by atoms with E-state index in [1.807, 2.05) is 17.0 Å². The highest BCUT2D eigenvalue weighted by Crippen LogP contribution is 2.32. The number of methoxy groups -OCH3 is 1. The SMILES string of the molecule is COCCCN(Cc1ccncc1)C(=O)c1ccc(N2CCCC2)c([N+](=O)[O-])c1. The molecule has 0 unspecified atom stereocenters. The number of carbonyl (C=O) groups excluding carboxylic acids is 1. The van der Waals surface area contributed by atoms with Crippen molar-refractivity contribution >= 4 is 17.3 Å². The summed E-state index contributed by atoms with van der Waals surface area (Å²) in [6, 6.07) is 8.52. The van der Waals surface area contributed by atoms with E-state index in [-0.39, 0.29) is 11.6 Å². The fraction of sp³-hybridized carbons (Fsp3) is 0.429. The summed E-state index contributed by atoms with van der Waals surface area (Å²) in [5.74, 6) is -0.228. The first-order valence-corrected chi connectivity index (χ1v) is 9.80. The number of amides is 1. The fourth-order valence-corrected chi connectivity index (χ4v) is 3.57. The van der Waals surface area contributed by atoms with Crippen molar-refractivity contribution in [1.82, 2.24) is 9.88 Å². The predicted octanol–water partition coefficient (Wildman–Crippen LogP) is 3.27. The van der Waals surface area contributed by atoms with Crippen molar-refractivity contribution < 1.29 is 14.5 Å². The van der Waals surface area contributed by atoms with Crippen LogP contribution in [0, 0.1) is 10.1 Å². The van der Waals surface area contributed by atoms with Gasteiger partial charge in [-0.25, -0.2) is 0 Å². The van der Waals surface area contributed by atoms with Crippen molar-refractivity contribution in [1.29, 1.82) is 0 Å². The van der Waals surface area contributed by atoms with Crippen molar-refractivity contribution in [3.63, 3.8) is 0 Å². The summed E-state index contributed by atoms with van der Waals surface area (Å²) >= 11 is 0. The molecule has 0 atom stereocenters. The van der Waals surface area contributed by atoms with E-state index in [1.165, 1.54) is 6.07 Å². The molecule has 2 heterocycles. The van der Waals surface area contributed by atoms with E-state index in [0.29, 0.717) is 37.4 Å². The number of ether oxygens (including phenoxy) is 1. The number of nitrogens with zero attached hydrogens (tertiary/aromatic N) is 4. The predicted molar refractivity (Wildman–Crippen MR) is 110 cm³/mol. The minimum Gasteiger partial charge on any atom is -0.385 e. The van der Waals surface area contributed by atoms with Crippen LogP contribution < -0.4 is 4.90 Å². The smallest absolute Gasteiger partial charge is 0.293 e. The van der Waals surface area contributed by atoms with Crippen molar-refractivity contribution in [2.75, 3.05) is 38.3 Å². The Bertz CT molecular complexity index is 838. The van der Waals surface area contributed by atoms with Gasteiger partial charge in [-0.1, -0.05) is 0 Å². The number of rotatable bonds is 9. The van der Waals surface area contributed by atoms with Gasteiger partial charge in [-0.2, -0.15) is 0 Å². The normalized spacial score (nSPS) is 13.5. The third-order valence-corrected chi connectivity index (χ3v) is 5.05. The molecule has 1 aromatic heterocycles. The zero-order valence-corrected chi connectivity index (χ0v) is 16.6. The Morgan fingerprint density at radius 2 is 1.97 bits per heavy atom. The number of hydrogen-bond acceptors (Lipinski definition) is 6. The number of nitro groups is 1. The summed E-state index contributed by atoms with van der Waals surface area (Å²) in [5.41, 5.74) is 1.85. The summed E-state index contributed by atoms with van der Waals surface area (Å²) in [6.07, 6.45) is 6.10. The highest BCUT2D eigenvalue weighted by Gasteiger charge is 2.25. The standard InChI is InChI=1S/C21H26N4O4/c1-29-14-4-13-24(16-17-7-9-22-10-8-17)21(26)18-5-6-19(20(15-18)25(27)28)23-11-2-3-12-23/h5-10,15H,2-4,11-14,16H2,1H3. The monoisotopic (exact) mass is 398 g/mol. The second-order valence-electron chi connectivity index (χ2n) is 7.08. The molecule has 3 rings (SSSR count). The third kappa shape index (κ3) is 5.29. The first-order chi connectivity index (χ1) is 14.1. The lowest BCUT2D eigenvalue weighted by Crippen LogP contribution is -2.32. The summed E-state index contributed by atoms with van der Waals surface area (Å²) in [7, 11) is 1.62. The van der Waals surface area contributed by atoms with Crippen LogP contribution in [0.15, 0.2) is 42.7 Å². The topological polar surface area (TPSA) is 88.8 Å². The Morgan fingerprint density at radius 1 is 1.24 bits per heavy atom. The van der Waals surface area contributed by atoms with Gasteiger partial charge < -0.3 is 14.5 Å². The number of pyridine rings is 1. The van der Waals surface area contributed by atoms with E-state index in [9.17, 15) is 14.9 Å². The Labute approximate surface area is 170 Å². The van der Waals surface area contributed by atoms with Crippen LogP contribution in [-0.4, -0.2) is 54.1 Å². The van der Waals surface area contributed by atoms with Crippen molar-refractivity contribution in [3.8, 4) is 0 Å². The van der Waals surface area contributed by atoms with Crippen LogP contribution in [-0.2, 0) is 11.3 Å². The second-order valence-corrected chi connectivity index (χ2v) is 7.08. The second kappa shape index (κ2) is 9.97. The minimum atomic E-state index is -0.400. The molecule has 8 nitrogen and oxygen atoms in total. The zero-order valence-electron chi connectivity index (χ0n) is 16.6. The quantitative estimate of drug-likeness (QED) is 0.366. The molecule has 1 aliphatic rings. The summed E-state index contributed by atoms with van der Waals surface area (Å²) in [6.45, 7) is 3.05. The maximum atomic E-state index is 13.2. The van der Waals surface area contributed by atoms with E-state index in [4.69, 9.17) is 4.74 Å². The van der Waals surface area contributed by atoms with Gasteiger partial charge in [0.15, 0.2) is 0 Å². The minimum absolute atomic E-state index is 0.0153. The average molecular weight is 398 g/mol. The van der Waals surface area contributed by atoms with E-state index in [2.05, 4.69) is 4.98 Å². The van der Waals surface area contributed by atoms with Gasteiger partial charge in [-0.05, 0) is 49.1 Å². The van der Waals surface area contributed by atoms with Gasteiger partial charge in [0, 0.05) is 63.9 Å². The van der Waals surface area contributed by atoms with E-state index in [0.717, 1.165) is 31.5 Å². The molecule has 1 aliphatic heterocycles. The van der Waals surface area contributed by atoms with Crippen LogP contribution in [0.2, 0.25) is 0 Å². The molecule has 154 valence electrons. The van der Waals surface area contributed by atoms with Crippen LogP contribution in [0.4, 0.5) is 11.4 Å². The lowest BCUT2D eigenvalue weighted by molar-refractivity contribution is -0.384. The van der Waals surface area contributed by atoms with Gasteiger partial charge in [0.1, 0.15) is 5.69 Å². The van der Waals surface area contributed by atoms with E-state index >= 15 is 0 Å². The summed E-state index contributed by atoms with van der Waals surface area (Å²) in [5, 5.41) is 11.7. The number of anilines is 1. The maximum absolute atomic E-state index is 13.2. The number of hydrogen-bond donors (Lipinski definition) is 0. The van der Waals surface area contributed by atoms with Gasteiger partial charge in [-0.3, -0.25) is 19.9 Å². The number of carbonyl (C=O) groups is 1. The van der Waals surface area contributed by atoms with Crippen molar-refractivity contribution in [2.45, 2.75) is 25.8 Å². The Kier molecular flexibility index (Phi) is 7.13. The first kappa shape index (κ1) is 20.7. The highest BCUT2D eigenvalue weighted by molar-refractivity contribution is 5.95. The maximum Gasteiger partial charge on any atom is 0.293 e. The molecule has 0 radical (unpaired) electrons. The van der Waals surface area contributed by atoms with E-state index < -0.39 is 4.92 Å².